The third kappa shape index (κ3) is 2.62. The Bertz CT molecular complexity index is 463. The minimum atomic E-state index is 0.260. The van der Waals surface area contributed by atoms with Crippen LogP contribution in [-0.4, -0.2) is 23.4 Å². The molecule has 0 spiro atoms. The van der Waals surface area contributed by atoms with Gasteiger partial charge in [0.1, 0.15) is 0 Å². The molecule has 2 nitrogen and oxygen atoms in total. The number of aryl methyl sites for hydroxylation is 1. The molecule has 0 N–H and O–H groups in total. The SMILES string of the molecule is Cc1cc(C(=O)N2CCC[C@H]3CCCC[C@H]32)sc1Br. The Kier molecular flexibility index (Phi) is 3.99. The molecule has 104 valence electrons. The highest BCUT2D eigenvalue weighted by Gasteiger charge is 2.36. The summed E-state index contributed by atoms with van der Waals surface area (Å²) in [4.78, 5) is 15.8. The quantitative estimate of drug-likeness (QED) is 0.730. The molecule has 4 heteroatoms. The first kappa shape index (κ1) is 13.6. The molecule has 1 aliphatic carbocycles. The van der Waals surface area contributed by atoms with E-state index in [2.05, 4.69) is 27.8 Å². The molecule has 1 aliphatic heterocycles. The van der Waals surface area contributed by atoms with E-state index in [1.807, 2.05) is 6.07 Å². The number of halogens is 1. The third-order valence-corrected chi connectivity index (χ3v) is 6.70. The van der Waals surface area contributed by atoms with Crippen LogP contribution in [0.2, 0.25) is 0 Å². The maximum atomic E-state index is 12.7. The summed E-state index contributed by atoms with van der Waals surface area (Å²) >= 11 is 5.11. The molecule has 1 saturated carbocycles. The molecule has 1 amide bonds. The second-order valence-corrected chi connectivity index (χ2v) is 8.19. The topological polar surface area (TPSA) is 20.3 Å². The number of hydrogen-bond acceptors (Lipinski definition) is 2. The van der Waals surface area contributed by atoms with Gasteiger partial charge < -0.3 is 4.90 Å². The summed E-state index contributed by atoms with van der Waals surface area (Å²) in [6, 6.07) is 2.54. The van der Waals surface area contributed by atoms with Crippen molar-refractivity contribution in [3.63, 3.8) is 0 Å². The predicted octanol–water partition coefficient (Wildman–Crippen LogP) is 4.61. The number of piperidine rings is 1. The molecule has 0 bridgehead atoms. The van der Waals surface area contributed by atoms with Gasteiger partial charge in [-0.15, -0.1) is 11.3 Å². The van der Waals surface area contributed by atoms with E-state index in [0.29, 0.717) is 6.04 Å². The minimum Gasteiger partial charge on any atom is -0.335 e. The first-order chi connectivity index (χ1) is 9.16. The fraction of sp³-hybridized carbons (Fsp3) is 0.667. The second-order valence-electron chi connectivity index (χ2n) is 5.82. The van der Waals surface area contributed by atoms with Gasteiger partial charge in [-0.05, 0) is 66.1 Å². The van der Waals surface area contributed by atoms with Crippen LogP contribution in [0, 0.1) is 12.8 Å². The minimum absolute atomic E-state index is 0.260. The lowest BCUT2D eigenvalue weighted by atomic mass is 9.78. The van der Waals surface area contributed by atoms with Crippen LogP contribution in [0.4, 0.5) is 0 Å². The zero-order valence-electron chi connectivity index (χ0n) is 11.3. The highest BCUT2D eigenvalue weighted by Crippen LogP contribution is 2.37. The summed E-state index contributed by atoms with van der Waals surface area (Å²) in [5, 5.41) is 0. The normalized spacial score (nSPS) is 27.2. The maximum absolute atomic E-state index is 12.7. The maximum Gasteiger partial charge on any atom is 0.264 e. The fourth-order valence-corrected chi connectivity index (χ4v) is 5.07. The molecule has 2 atom stereocenters. The molecule has 2 fully saturated rings. The lowest BCUT2D eigenvalue weighted by molar-refractivity contribution is 0.0395. The van der Waals surface area contributed by atoms with Gasteiger partial charge in [0, 0.05) is 12.6 Å². The Morgan fingerprint density at radius 1 is 1.32 bits per heavy atom. The zero-order valence-corrected chi connectivity index (χ0v) is 13.7. The Hall–Kier alpha value is -0.350. The van der Waals surface area contributed by atoms with Crippen molar-refractivity contribution >= 4 is 33.2 Å². The van der Waals surface area contributed by atoms with Crippen molar-refractivity contribution in [2.24, 2.45) is 5.92 Å². The summed E-state index contributed by atoms with van der Waals surface area (Å²) in [5.74, 6) is 1.02. The van der Waals surface area contributed by atoms with Crippen LogP contribution in [0.5, 0.6) is 0 Å². The van der Waals surface area contributed by atoms with Crippen LogP contribution in [0.1, 0.15) is 53.8 Å². The average molecular weight is 342 g/mol. The van der Waals surface area contributed by atoms with E-state index in [9.17, 15) is 4.79 Å². The number of thiophene rings is 1. The molecule has 0 aromatic carbocycles. The zero-order chi connectivity index (χ0) is 13.4. The number of carbonyl (C=O) groups excluding carboxylic acids is 1. The van der Waals surface area contributed by atoms with E-state index >= 15 is 0 Å². The number of nitrogens with zero attached hydrogens (tertiary/aromatic N) is 1. The van der Waals surface area contributed by atoms with Crippen LogP contribution >= 0.6 is 27.3 Å². The van der Waals surface area contributed by atoms with Crippen LogP contribution < -0.4 is 0 Å². The number of likely N-dealkylation sites (tertiary alicyclic amines) is 1. The summed E-state index contributed by atoms with van der Waals surface area (Å²) in [7, 11) is 0. The number of fused-ring (bicyclic) bond motifs is 1. The van der Waals surface area contributed by atoms with Crippen molar-refractivity contribution in [3.8, 4) is 0 Å². The van der Waals surface area contributed by atoms with E-state index in [1.54, 1.807) is 11.3 Å². The molecule has 1 aromatic heterocycles. The molecule has 0 unspecified atom stereocenters. The van der Waals surface area contributed by atoms with E-state index in [4.69, 9.17) is 0 Å². The van der Waals surface area contributed by atoms with Crippen LogP contribution in [0.15, 0.2) is 9.85 Å². The van der Waals surface area contributed by atoms with Crippen LogP contribution in [0.3, 0.4) is 0 Å². The van der Waals surface area contributed by atoms with Crippen LogP contribution in [0.25, 0.3) is 0 Å². The number of hydrogen-bond donors (Lipinski definition) is 0. The molecule has 1 saturated heterocycles. The Labute approximate surface area is 127 Å². The molecule has 2 heterocycles. The Morgan fingerprint density at radius 3 is 2.79 bits per heavy atom. The second kappa shape index (κ2) is 5.57. The first-order valence-corrected chi connectivity index (χ1v) is 8.84. The lowest BCUT2D eigenvalue weighted by Gasteiger charge is -2.44. The molecule has 0 radical (unpaired) electrons. The number of rotatable bonds is 1. The summed E-state index contributed by atoms with van der Waals surface area (Å²) in [5.41, 5.74) is 1.17. The van der Waals surface area contributed by atoms with Gasteiger partial charge in [-0.25, -0.2) is 0 Å². The van der Waals surface area contributed by atoms with Crippen molar-refractivity contribution in [2.45, 2.75) is 51.5 Å². The predicted molar refractivity (Wildman–Crippen MR) is 82.8 cm³/mol. The van der Waals surface area contributed by atoms with Crippen molar-refractivity contribution < 1.29 is 4.79 Å². The molecule has 3 rings (SSSR count). The molecule has 1 aromatic rings. The summed E-state index contributed by atoms with van der Waals surface area (Å²) in [6.45, 7) is 3.01. The van der Waals surface area contributed by atoms with E-state index in [0.717, 1.165) is 21.1 Å². The van der Waals surface area contributed by atoms with Gasteiger partial charge >= 0.3 is 0 Å². The Morgan fingerprint density at radius 2 is 2.05 bits per heavy atom. The van der Waals surface area contributed by atoms with E-state index < -0.39 is 0 Å². The molecular weight excluding hydrogens is 322 g/mol. The fourth-order valence-electron chi connectivity index (χ4n) is 3.58. The van der Waals surface area contributed by atoms with E-state index in [-0.39, 0.29) is 5.91 Å². The standard InChI is InChI=1S/C15H20BrNOS/c1-10-9-13(19-14(10)16)15(18)17-8-4-6-11-5-2-3-7-12(11)17/h9,11-12H,2-8H2,1H3/t11-,12-/m1/s1. The van der Waals surface area contributed by atoms with Gasteiger partial charge in [-0.3, -0.25) is 4.79 Å². The van der Waals surface area contributed by atoms with Crippen molar-refractivity contribution in [1.82, 2.24) is 4.90 Å². The van der Waals surface area contributed by atoms with Crippen molar-refractivity contribution in [2.75, 3.05) is 6.54 Å². The highest BCUT2D eigenvalue weighted by atomic mass is 79.9. The van der Waals surface area contributed by atoms with Gasteiger partial charge in [0.05, 0.1) is 8.66 Å². The number of carbonyl (C=O) groups is 1. The molecule has 2 aliphatic rings. The molecule has 19 heavy (non-hydrogen) atoms. The average Bonchev–Trinajstić information content (AvgIpc) is 2.77. The van der Waals surface area contributed by atoms with Gasteiger partial charge in [-0.2, -0.15) is 0 Å². The summed E-state index contributed by atoms with van der Waals surface area (Å²) in [6.07, 6.45) is 7.68. The Balaban J connectivity index is 1.81. The largest absolute Gasteiger partial charge is 0.335 e. The highest BCUT2D eigenvalue weighted by molar-refractivity contribution is 9.11. The van der Waals surface area contributed by atoms with Gasteiger partial charge in [-0.1, -0.05) is 12.8 Å². The monoisotopic (exact) mass is 341 g/mol. The third-order valence-electron chi connectivity index (χ3n) is 4.57. The van der Waals surface area contributed by atoms with Crippen LogP contribution in [-0.2, 0) is 0 Å². The van der Waals surface area contributed by atoms with Crippen molar-refractivity contribution in [1.29, 1.82) is 0 Å². The summed E-state index contributed by atoms with van der Waals surface area (Å²) < 4.78 is 1.09. The lowest BCUT2D eigenvalue weighted by Crippen LogP contribution is -2.49. The molecular formula is C15H20BrNOS. The smallest absolute Gasteiger partial charge is 0.264 e. The van der Waals surface area contributed by atoms with Gasteiger partial charge in [0.2, 0.25) is 0 Å². The number of amides is 1. The van der Waals surface area contributed by atoms with E-state index in [1.165, 1.54) is 44.1 Å². The van der Waals surface area contributed by atoms with Crippen molar-refractivity contribution in [3.05, 3.63) is 20.3 Å². The van der Waals surface area contributed by atoms with Gasteiger partial charge in [0.15, 0.2) is 0 Å². The van der Waals surface area contributed by atoms with Gasteiger partial charge in [0.25, 0.3) is 5.91 Å². The first-order valence-electron chi connectivity index (χ1n) is 7.23.